The zero-order chi connectivity index (χ0) is 10.8. The molecular weight excluding hydrogens is 200 g/mol. The van der Waals surface area contributed by atoms with Crippen LogP contribution in [0.4, 0.5) is 0 Å². The molecule has 0 aromatic heterocycles. The molecule has 1 rings (SSSR count). The number of rotatable bonds is 5. The third-order valence-corrected chi connectivity index (χ3v) is 4.26. The molecule has 0 aromatic carbocycles. The standard InChI is InChI=1S/C9H20N2O2S/c1-8(4-5-11(2)3)10-9-6-14(12,13)7-9/h8-10H,4-7H2,1-3H3. The molecule has 84 valence electrons. The largest absolute Gasteiger partial charge is 0.309 e. The van der Waals surface area contributed by atoms with Crippen LogP contribution in [-0.2, 0) is 9.84 Å². The van der Waals surface area contributed by atoms with E-state index in [4.69, 9.17) is 0 Å². The molecule has 0 radical (unpaired) electrons. The van der Waals surface area contributed by atoms with Crippen LogP contribution in [0.25, 0.3) is 0 Å². The highest BCUT2D eigenvalue weighted by Gasteiger charge is 2.33. The number of hydrogen-bond donors (Lipinski definition) is 1. The van der Waals surface area contributed by atoms with Gasteiger partial charge in [-0.15, -0.1) is 0 Å². The van der Waals surface area contributed by atoms with Crippen molar-refractivity contribution in [2.45, 2.75) is 25.4 Å². The Bertz CT molecular complexity index is 263. The second kappa shape index (κ2) is 4.59. The van der Waals surface area contributed by atoms with E-state index in [1.54, 1.807) is 0 Å². The van der Waals surface area contributed by atoms with Gasteiger partial charge in [0.25, 0.3) is 0 Å². The lowest BCUT2D eigenvalue weighted by atomic mass is 10.2. The highest BCUT2D eigenvalue weighted by molar-refractivity contribution is 7.92. The molecule has 1 saturated heterocycles. The minimum atomic E-state index is -2.68. The Morgan fingerprint density at radius 2 is 2.00 bits per heavy atom. The molecule has 0 spiro atoms. The number of nitrogens with one attached hydrogen (secondary N) is 1. The van der Waals surface area contributed by atoms with Crippen LogP contribution in [0.5, 0.6) is 0 Å². The summed E-state index contributed by atoms with van der Waals surface area (Å²) in [5.41, 5.74) is 0. The lowest BCUT2D eigenvalue weighted by molar-refractivity contribution is 0.353. The first kappa shape index (κ1) is 11.9. The van der Waals surface area contributed by atoms with Gasteiger partial charge in [0.05, 0.1) is 11.5 Å². The summed E-state index contributed by atoms with van der Waals surface area (Å²) in [7, 11) is 1.40. The third-order valence-electron chi connectivity index (χ3n) is 2.44. The van der Waals surface area contributed by atoms with E-state index in [1.807, 2.05) is 14.1 Å². The minimum absolute atomic E-state index is 0.192. The molecule has 4 nitrogen and oxygen atoms in total. The predicted octanol–water partition coefficient (Wildman–Crippen LogP) is -0.287. The van der Waals surface area contributed by atoms with Crippen LogP contribution < -0.4 is 5.32 Å². The van der Waals surface area contributed by atoms with E-state index in [0.717, 1.165) is 13.0 Å². The maximum atomic E-state index is 10.9. The number of hydrogen-bond acceptors (Lipinski definition) is 4. The van der Waals surface area contributed by atoms with Crippen molar-refractivity contribution in [3.05, 3.63) is 0 Å². The van der Waals surface area contributed by atoms with E-state index in [1.165, 1.54) is 0 Å². The van der Waals surface area contributed by atoms with Crippen molar-refractivity contribution in [1.82, 2.24) is 10.2 Å². The van der Waals surface area contributed by atoms with Crippen molar-refractivity contribution < 1.29 is 8.42 Å². The van der Waals surface area contributed by atoms with Gasteiger partial charge in [0.1, 0.15) is 0 Å². The van der Waals surface area contributed by atoms with Crippen molar-refractivity contribution in [1.29, 1.82) is 0 Å². The number of sulfone groups is 1. The highest BCUT2D eigenvalue weighted by atomic mass is 32.2. The molecule has 1 N–H and O–H groups in total. The third kappa shape index (κ3) is 3.94. The maximum absolute atomic E-state index is 10.9. The lowest BCUT2D eigenvalue weighted by Crippen LogP contribution is -2.53. The van der Waals surface area contributed by atoms with Gasteiger partial charge in [-0.05, 0) is 34.0 Å². The second-order valence-electron chi connectivity index (χ2n) is 4.43. The van der Waals surface area contributed by atoms with E-state index >= 15 is 0 Å². The summed E-state index contributed by atoms with van der Waals surface area (Å²) in [6, 6.07) is 0.593. The molecule has 0 saturated carbocycles. The predicted molar refractivity (Wildman–Crippen MR) is 58.2 cm³/mol. The second-order valence-corrected chi connectivity index (χ2v) is 6.59. The van der Waals surface area contributed by atoms with E-state index < -0.39 is 9.84 Å². The fourth-order valence-electron chi connectivity index (χ4n) is 1.60. The Hall–Kier alpha value is -0.130. The van der Waals surface area contributed by atoms with Gasteiger partial charge in [-0.1, -0.05) is 0 Å². The highest BCUT2D eigenvalue weighted by Crippen LogP contribution is 2.11. The summed E-state index contributed by atoms with van der Waals surface area (Å²) in [5.74, 6) is 0.638. The van der Waals surface area contributed by atoms with Crippen molar-refractivity contribution in [2.75, 3.05) is 32.1 Å². The van der Waals surface area contributed by atoms with Gasteiger partial charge in [0, 0.05) is 12.1 Å². The van der Waals surface area contributed by atoms with Gasteiger partial charge in [-0.2, -0.15) is 0 Å². The van der Waals surface area contributed by atoms with Crippen LogP contribution in [0.15, 0.2) is 0 Å². The van der Waals surface area contributed by atoms with E-state index in [0.29, 0.717) is 17.5 Å². The maximum Gasteiger partial charge on any atom is 0.153 e. The fraction of sp³-hybridized carbons (Fsp3) is 1.00. The summed E-state index contributed by atoms with van der Waals surface area (Å²) in [5, 5.41) is 3.32. The van der Waals surface area contributed by atoms with Gasteiger partial charge in [0.15, 0.2) is 9.84 Å². The molecule has 14 heavy (non-hydrogen) atoms. The van der Waals surface area contributed by atoms with Crippen LogP contribution in [0, 0.1) is 0 Å². The fourth-order valence-corrected chi connectivity index (χ4v) is 2.92. The topological polar surface area (TPSA) is 49.4 Å². The lowest BCUT2D eigenvalue weighted by Gasteiger charge is -2.30. The van der Waals surface area contributed by atoms with Gasteiger partial charge >= 0.3 is 0 Å². The number of nitrogens with zero attached hydrogens (tertiary/aromatic N) is 1. The smallest absolute Gasteiger partial charge is 0.153 e. The van der Waals surface area contributed by atoms with Gasteiger partial charge in [-0.25, -0.2) is 8.42 Å². The Morgan fingerprint density at radius 3 is 2.43 bits per heavy atom. The first-order chi connectivity index (χ1) is 6.39. The molecule has 1 heterocycles. The van der Waals surface area contributed by atoms with Gasteiger partial charge in [0.2, 0.25) is 0 Å². The molecule has 0 aliphatic carbocycles. The molecule has 1 unspecified atom stereocenters. The SMILES string of the molecule is CC(CCN(C)C)NC1CS(=O)(=O)C1. The molecule has 1 aliphatic rings. The van der Waals surface area contributed by atoms with E-state index in [9.17, 15) is 8.42 Å². The van der Waals surface area contributed by atoms with Crippen LogP contribution in [0.1, 0.15) is 13.3 Å². The van der Waals surface area contributed by atoms with Crippen LogP contribution >= 0.6 is 0 Å². The van der Waals surface area contributed by atoms with E-state index in [2.05, 4.69) is 17.1 Å². The van der Waals surface area contributed by atoms with E-state index in [-0.39, 0.29) is 6.04 Å². The van der Waals surface area contributed by atoms with Gasteiger partial charge < -0.3 is 10.2 Å². The van der Waals surface area contributed by atoms with Crippen molar-refractivity contribution in [3.63, 3.8) is 0 Å². The molecule has 1 atom stereocenters. The minimum Gasteiger partial charge on any atom is -0.309 e. The Kier molecular flexibility index (Phi) is 3.92. The first-order valence-electron chi connectivity index (χ1n) is 5.00. The zero-order valence-corrected chi connectivity index (χ0v) is 9.97. The summed E-state index contributed by atoms with van der Waals surface area (Å²) in [6.07, 6.45) is 1.06. The summed E-state index contributed by atoms with van der Waals surface area (Å²) >= 11 is 0. The summed E-state index contributed by atoms with van der Waals surface area (Å²) in [4.78, 5) is 2.13. The summed E-state index contributed by atoms with van der Waals surface area (Å²) < 4.78 is 21.8. The molecule has 0 bridgehead atoms. The van der Waals surface area contributed by atoms with Gasteiger partial charge in [-0.3, -0.25) is 0 Å². The monoisotopic (exact) mass is 220 g/mol. The average Bonchev–Trinajstić information content (AvgIpc) is 1.97. The molecule has 1 aliphatic heterocycles. The molecule has 0 amide bonds. The van der Waals surface area contributed by atoms with Crippen LogP contribution in [-0.4, -0.2) is 57.5 Å². The summed E-state index contributed by atoms with van der Waals surface area (Å²) in [6.45, 7) is 3.14. The van der Waals surface area contributed by atoms with Crippen LogP contribution in [0.2, 0.25) is 0 Å². The quantitative estimate of drug-likeness (QED) is 0.692. The van der Waals surface area contributed by atoms with Crippen molar-refractivity contribution >= 4 is 9.84 Å². The average molecular weight is 220 g/mol. The van der Waals surface area contributed by atoms with Crippen molar-refractivity contribution in [2.24, 2.45) is 0 Å². The molecular formula is C9H20N2O2S. The normalized spacial score (nSPS) is 23.4. The first-order valence-corrected chi connectivity index (χ1v) is 6.82. The molecule has 1 fully saturated rings. The van der Waals surface area contributed by atoms with Crippen LogP contribution in [0.3, 0.4) is 0 Å². The Balaban J connectivity index is 2.13. The molecule has 5 heteroatoms. The Labute approximate surface area is 86.6 Å². The van der Waals surface area contributed by atoms with Crippen molar-refractivity contribution in [3.8, 4) is 0 Å². The zero-order valence-electron chi connectivity index (χ0n) is 9.16. The Morgan fingerprint density at radius 1 is 1.43 bits per heavy atom. The molecule has 0 aromatic rings.